The average molecular weight is 387 g/mol. The third kappa shape index (κ3) is 3.72. The number of hydrogen-bond acceptors (Lipinski definition) is 0. The molecule has 0 saturated heterocycles. The normalized spacial score (nSPS) is 22.2. The lowest BCUT2D eigenvalue weighted by Gasteiger charge is -2.37. The zero-order chi connectivity index (χ0) is 21.0. The summed E-state index contributed by atoms with van der Waals surface area (Å²) in [5, 5.41) is 0. The largest absolute Gasteiger partial charge is 0.0952 e. The van der Waals surface area contributed by atoms with Crippen LogP contribution >= 0.6 is 0 Å². The monoisotopic (exact) mass is 386 g/mol. The molecule has 1 saturated carbocycles. The Kier molecular flexibility index (Phi) is 4.84. The van der Waals surface area contributed by atoms with E-state index in [9.17, 15) is 0 Å². The lowest BCUT2D eigenvalue weighted by atomic mass is 9.67. The lowest BCUT2D eigenvalue weighted by Crippen LogP contribution is -2.29. The van der Waals surface area contributed by atoms with Crippen molar-refractivity contribution in [2.75, 3.05) is 0 Å². The van der Waals surface area contributed by atoms with Gasteiger partial charge in [-0.15, -0.1) is 0 Å². The van der Waals surface area contributed by atoms with Gasteiger partial charge in [0.2, 0.25) is 0 Å². The number of allylic oxidation sites excluding steroid dienone is 1. The molecule has 3 aliphatic rings. The maximum Gasteiger partial charge on any atom is -0.00431 e. The van der Waals surface area contributed by atoms with Gasteiger partial charge < -0.3 is 0 Å². The first-order chi connectivity index (χ1) is 13.5. The zero-order valence-corrected chi connectivity index (χ0v) is 19.4. The average Bonchev–Trinajstić information content (AvgIpc) is 3.44. The highest BCUT2D eigenvalue weighted by molar-refractivity contribution is 5.70. The summed E-state index contributed by atoms with van der Waals surface area (Å²) in [5.41, 5.74) is 11.6. The Bertz CT molecular complexity index is 950. The summed E-state index contributed by atoms with van der Waals surface area (Å²) in [6.07, 6.45) is 8.00. The van der Waals surface area contributed by atoms with E-state index in [-0.39, 0.29) is 0 Å². The van der Waals surface area contributed by atoms with Crippen LogP contribution in [0.2, 0.25) is 0 Å². The van der Waals surface area contributed by atoms with Crippen LogP contribution < -0.4 is 0 Å². The first-order valence-electron chi connectivity index (χ1n) is 11.5. The highest BCUT2D eigenvalue weighted by Crippen LogP contribution is 2.59. The van der Waals surface area contributed by atoms with Crippen LogP contribution in [-0.2, 0) is 16.2 Å². The van der Waals surface area contributed by atoms with E-state index in [0.29, 0.717) is 16.2 Å². The molecule has 0 atom stereocenters. The molecule has 1 spiro atoms. The Morgan fingerprint density at radius 2 is 1.21 bits per heavy atom. The Balaban J connectivity index is 0.000000142. The topological polar surface area (TPSA) is 0 Å². The van der Waals surface area contributed by atoms with Gasteiger partial charge in [-0.1, -0.05) is 81.8 Å². The van der Waals surface area contributed by atoms with Crippen LogP contribution in [0.4, 0.5) is 0 Å². The zero-order valence-electron chi connectivity index (χ0n) is 19.4. The van der Waals surface area contributed by atoms with Gasteiger partial charge in [0.25, 0.3) is 0 Å². The first kappa shape index (κ1) is 20.5. The van der Waals surface area contributed by atoms with E-state index in [1.807, 2.05) is 0 Å². The van der Waals surface area contributed by atoms with Crippen molar-refractivity contribution in [1.82, 2.24) is 0 Å². The van der Waals surface area contributed by atoms with Crippen LogP contribution in [0.15, 0.2) is 43.0 Å². The van der Waals surface area contributed by atoms with Gasteiger partial charge in [-0.05, 0) is 96.4 Å². The van der Waals surface area contributed by atoms with Gasteiger partial charge in [-0.3, -0.25) is 0 Å². The van der Waals surface area contributed by atoms with Gasteiger partial charge in [0.15, 0.2) is 0 Å². The maximum absolute atomic E-state index is 4.15. The van der Waals surface area contributed by atoms with Crippen molar-refractivity contribution in [2.24, 2.45) is 0 Å². The molecule has 0 aliphatic heterocycles. The first-order valence-corrected chi connectivity index (χ1v) is 11.5. The van der Waals surface area contributed by atoms with E-state index in [4.69, 9.17) is 0 Å². The molecule has 0 heterocycles. The van der Waals surface area contributed by atoms with Crippen LogP contribution in [0.3, 0.4) is 0 Å². The molecular weight excluding hydrogens is 348 g/mol. The van der Waals surface area contributed by atoms with Gasteiger partial charge in [0.05, 0.1) is 0 Å². The predicted octanol–water partition coefficient (Wildman–Crippen LogP) is 8.18. The molecule has 0 heteroatoms. The number of aryl methyl sites for hydroxylation is 2. The molecule has 0 bridgehead atoms. The highest BCUT2D eigenvalue weighted by atomic mass is 14.5. The van der Waals surface area contributed by atoms with Gasteiger partial charge >= 0.3 is 0 Å². The van der Waals surface area contributed by atoms with E-state index in [1.165, 1.54) is 59.9 Å². The van der Waals surface area contributed by atoms with Gasteiger partial charge in [-0.25, -0.2) is 0 Å². The highest BCUT2D eigenvalue weighted by Gasteiger charge is 2.50. The van der Waals surface area contributed by atoms with E-state index in [1.54, 1.807) is 11.1 Å². The van der Waals surface area contributed by atoms with Crippen molar-refractivity contribution < 1.29 is 0 Å². The van der Waals surface area contributed by atoms with Gasteiger partial charge in [0.1, 0.15) is 0 Å². The molecular formula is C29H38. The molecule has 3 aliphatic carbocycles. The Hall–Kier alpha value is -1.82. The molecule has 1 fully saturated rings. The Morgan fingerprint density at radius 1 is 0.655 bits per heavy atom. The van der Waals surface area contributed by atoms with Gasteiger partial charge in [-0.2, -0.15) is 0 Å². The van der Waals surface area contributed by atoms with E-state index < -0.39 is 0 Å². The van der Waals surface area contributed by atoms with Crippen molar-refractivity contribution in [1.29, 1.82) is 0 Å². The second-order valence-electron chi connectivity index (χ2n) is 11.2. The van der Waals surface area contributed by atoms with Gasteiger partial charge in [0, 0.05) is 0 Å². The predicted molar refractivity (Wildman–Crippen MR) is 127 cm³/mol. The molecule has 0 unspecified atom stereocenters. The van der Waals surface area contributed by atoms with E-state index >= 15 is 0 Å². The third-order valence-corrected chi connectivity index (χ3v) is 7.89. The molecule has 0 nitrogen and oxygen atoms in total. The summed E-state index contributed by atoms with van der Waals surface area (Å²) in [6, 6.07) is 13.9. The van der Waals surface area contributed by atoms with Crippen LogP contribution in [-0.4, -0.2) is 0 Å². The SMILES string of the molecule is C=C1CCC(C)(C)c2cc(C)ccc21.Cc1ccc2c(c1)C(C)(C)CCC21CC1. The summed E-state index contributed by atoms with van der Waals surface area (Å²) in [6.45, 7) is 18.0. The van der Waals surface area contributed by atoms with Crippen molar-refractivity contribution in [3.8, 4) is 0 Å². The lowest BCUT2D eigenvalue weighted by molar-refractivity contribution is 0.382. The quantitative estimate of drug-likeness (QED) is 0.428. The molecule has 2 aromatic carbocycles. The van der Waals surface area contributed by atoms with Crippen LogP contribution in [0, 0.1) is 13.8 Å². The molecule has 2 aromatic rings. The summed E-state index contributed by atoms with van der Waals surface area (Å²) < 4.78 is 0. The Labute approximate surface area is 178 Å². The number of fused-ring (bicyclic) bond motifs is 3. The minimum Gasteiger partial charge on any atom is -0.0952 e. The molecule has 5 rings (SSSR count). The van der Waals surface area contributed by atoms with Crippen LogP contribution in [0.5, 0.6) is 0 Å². The second kappa shape index (κ2) is 6.86. The van der Waals surface area contributed by atoms with Crippen molar-refractivity contribution in [3.63, 3.8) is 0 Å². The fourth-order valence-electron chi connectivity index (χ4n) is 5.43. The smallest absolute Gasteiger partial charge is 0.00431 e. The minimum absolute atomic E-state index is 0.322. The maximum atomic E-state index is 4.15. The summed E-state index contributed by atoms with van der Waals surface area (Å²) >= 11 is 0. The second-order valence-corrected chi connectivity index (χ2v) is 11.2. The molecule has 0 amide bonds. The fourth-order valence-corrected chi connectivity index (χ4v) is 5.43. The van der Waals surface area contributed by atoms with Crippen LogP contribution in [0.25, 0.3) is 5.57 Å². The van der Waals surface area contributed by atoms with Crippen LogP contribution in [0.1, 0.15) is 99.6 Å². The molecule has 29 heavy (non-hydrogen) atoms. The standard InChI is InChI=1S/C15H20.C14H18/c1-11-4-5-12-13(10-11)14(2,3)6-7-15(12)8-9-15;1-10-5-6-12-11(2)7-8-14(3,4)13(12)9-10/h4-5,10H,6-9H2,1-3H3;5-6,9H,2,7-8H2,1,3-4H3. The van der Waals surface area contributed by atoms with Crippen molar-refractivity contribution in [2.45, 2.75) is 96.3 Å². The van der Waals surface area contributed by atoms with E-state index in [0.717, 1.165) is 6.42 Å². The third-order valence-electron chi connectivity index (χ3n) is 7.89. The molecule has 0 radical (unpaired) electrons. The minimum atomic E-state index is 0.322. The number of benzene rings is 2. The van der Waals surface area contributed by atoms with Crippen molar-refractivity contribution >= 4 is 5.57 Å². The van der Waals surface area contributed by atoms with Crippen molar-refractivity contribution in [3.05, 3.63) is 76.4 Å². The number of rotatable bonds is 0. The molecule has 0 N–H and O–H groups in total. The summed E-state index contributed by atoms with van der Waals surface area (Å²) in [4.78, 5) is 0. The summed E-state index contributed by atoms with van der Waals surface area (Å²) in [7, 11) is 0. The Morgan fingerprint density at radius 3 is 1.86 bits per heavy atom. The molecule has 0 aromatic heterocycles. The summed E-state index contributed by atoms with van der Waals surface area (Å²) in [5.74, 6) is 0. The number of hydrogen-bond donors (Lipinski definition) is 0. The van der Waals surface area contributed by atoms with E-state index in [2.05, 4.69) is 84.5 Å². The molecule has 154 valence electrons. The fraction of sp³-hybridized carbons (Fsp3) is 0.517.